The van der Waals surface area contributed by atoms with Gasteiger partial charge in [-0.2, -0.15) is 15.2 Å². The van der Waals surface area contributed by atoms with E-state index in [1.165, 1.54) is 12.8 Å². The van der Waals surface area contributed by atoms with E-state index >= 15 is 4.39 Å². The topological polar surface area (TPSA) is 93.1 Å². The van der Waals surface area contributed by atoms with Crippen LogP contribution in [-0.4, -0.2) is 70.3 Å². The molecule has 6 heterocycles. The molecule has 4 saturated heterocycles. The first kappa shape index (κ1) is 25.0. The van der Waals surface area contributed by atoms with Crippen LogP contribution in [-0.2, 0) is 6.42 Å². The Labute approximate surface area is 238 Å². The van der Waals surface area contributed by atoms with E-state index in [2.05, 4.69) is 26.2 Å². The van der Waals surface area contributed by atoms with Crippen LogP contribution in [0.5, 0.6) is 6.01 Å². The Bertz CT molecular complexity index is 1670. The summed E-state index contributed by atoms with van der Waals surface area (Å²) >= 11 is 0. The van der Waals surface area contributed by atoms with Crippen LogP contribution >= 0.6 is 0 Å². The molecule has 2 aromatic carbocycles. The lowest BCUT2D eigenvalue weighted by molar-refractivity contribution is 0.108. The second-order valence-corrected chi connectivity index (χ2v) is 12.3. The Balaban J connectivity index is 1.24. The first-order chi connectivity index (χ1) is 20.1. The third kappa shape index (κ3) is 4.07. The van der Waals surface area contributed by atoms with Crippen LogP contribution in [0.25, 0.3) is 32.9 Å². The average Bonchev–Trinajstić information content (AvgIpc) is 3.76. The number of aromatic nitrogens is 3. The number of rotatable bonds is 6. The maximum absolute atomic E-state index is 16.7. The summed E-state index contributed by atoms with van der Waals surface area (Å²) in [5.41, 5.74) is 3.29. The van der Waals surface area contributed by atoms with Crippen LogP contribution in [0.3, 0.4) is 0 Å². The number of fused-ring (bicyclic) bond motifs is 5. The minimum atomic E-state index is -0.386. The lowest BCUT2D eigenvalue weighted by atomic mass is 9.95. The number of nitrogens with one attached hydrogen (secondary N) is 2. The second-order valence-electron chi connectivity index (χ2n) is 12.3. The fourth-order valence-corrected chi connectivity index (χ4v) is 7.97. The minimum Gasteiger partial charge on any atom is -0.461 e. The molecule has 4 aliphatic heterocycles. The Kier molecular flexibility index (Phi) is 5.90. The van der Waals surface area contributed by atoms with Crippen molar-refractivity contribution in [1.29, 1.82) is 5.26 Å². The van der Waals surface area contributed by atoms with Gasteiger partial charge in [-0.15, -0.1) is 0 Å². The van der Waals surface area contributed by atoms with Gasteiger partial charge in [0, 0.05) is 58.8 Å². The van der Waals surface area contributed by atoms with Gasteiger partial charge < -0.3 is 19.9 Å². The van der Waals surface area contributed by atoms with Crippen LogP contribution in [0.1, 0.15) is 44.1 Å². The molecule has 41 heavy (non-hydrogen) atoms. The van der Waals surface area contributed by atoms with Crippen LogP contribution < -0.4 is 15.0 Å². The third-order valence-electron chi connectivity index (χ3n) is 9.92. The van der Waals surface area contributed by atoms with Gasteiger partial charge in [-0.05, 0) is 69.3 Å². The van der Waals surface area contributed by atoms with Gasteiger partial charge in [0.05, 0.1) is 18.0 Å². The van der Waals surface area contributed by atoms with Crippen molar-refractivity contribution in [3.8, 4) is 23.2 Å². The normalized spacial score (nSPS) is 23.4. The van der Waals surface area contributed by atoms with Crippen molar-refractivity contribution < 1.29 is 9.13 Å². The van der Waals surface area contributed by atoms with E-state index in [-0.39, 0.29) is 29.3 Å². The number of hydrogen-bond acceptors (Lipinski definition) is 7. The smallest absolute Gasteiger partial charge is 0.319 e. The van der Waals surface area contributed by atoms with E-state index in [0.717, 1.165) is 79.7 Å². The highest BCUT2D eigenvalue weighted by Crippen LogP contribution is 2.41. The Morgan fingerprint density at radius 3 is 2.63 bits per heavy atom. The van der Waals surface area contributed by atoms with E-state index in [4.69, 9.17) is 14.7 Å². The van der Waals surface area contributed by atoms with Crippen molar-refractivity contribution in [1.82, 2.24) is 25.2 Å². The Hall–Kier alpha value is -3.74. The second kappa shape index (κ2) is 9.68. The number of aromatic amines is 1. The molecular weight excluding hydrogens is 517 g/mol. The van der Waals surface area contributed by atoms with Crippen LogP contribution in [0.15, 0.2) is 36.5 Å². The molecule has 210 valence electrons. The van der Waals surface area contributed by atoms with Gasteiger partial charge in [0.1, 0.15) is 17.9 Å². The predicted molar refractivity (Wildman–Crippen MR) is 157 cm³/mol. The zero-order chi connectivity index (χ0) is 27.6. The molecule has 8 nitrogen and oxygen atoms in total. The summed E-state index contributed by atoms with van der Waals surface area (Å²) in [6, 6.07) is 12.9. The van der Waals surface area contributed by atoms with Gasteiger partial charge in [-0.1, -0.05) is 18.2 Å². The third-order valence-corrected chi connectivity index (χ3v) is 9.92. The van der Waals surface area contributed by atoms with Crippen LogP contribution in [0.4, 0.5) is 10.2 Å². The number of anilines is 1. The fraction of sp³-hybridized carbons (Fsp3) is 0.469. The zero-order valence-corrected chi connectivity index (χ0v) is 23.1. The first-order valence-corrected chi connectivity index (χ1v) is 15.0. The van der Waals surface area contributed by atoms with Crippen LogP contribution in [0.2, 0.25) is 0 Å². The monoisotopic (exact) mass is 551 g/mol. The molecule has 2 atom stereocenters. The van der Waals surface area contributed by atoms with Crippen molar-refractivity contribution in [3.63, 3.8) is 0 Å². The molecule has 0 saturated carbocycles. The SMILES string of the molecule is N#CCc1cccc2[nH]cc(-c3ccc4c(N5CC6CCC(C5)N6)nc(OCC56CCCN5CCC6)nc4c3F)c12. The number of H-pyrrole nitrogens is 1. The number of ether oxygens (including phenoxy) is 1. The van der Waals surface area contributed by atoms with Crippen LogP contribution in [0, 0.1) is 17.1 Å². The number of benzene rings is 2. The summed E-state index contributed by atoms with van der Waals surface area (Å²) in [4.78, 5) is 17.8. The van der Waals surface area contributed by atoms with Gasteiger partial charge in [-0.3, -0.25) is 4.90 Å². The summed E-state index contributed by atoms with van der Waals surface area (Å²) in [5.74, 6) is 0.369. The van der Waals surface area contributed by atoms with Gasteiger partial charge >= 0.3 is 6.01 Å². The molecule has 4 aromatic rings. The fourth-order valence-electron chi connectivity index (χ4n) is 7.97. The van der Waals surface area contributed by atoms with Crippen molar-refractivity contribution in [2.75, 3.05) is 37.7 Å². The quantitative estimate of drug-likeness (QED) is 0.351. The summed E-state index contributed by atoms with van der Waals surface area (Å²) in [7, 11) is 0. The van der Waals surface area contributed by atoms with Crippen molar-refractivity contribution in [2.45, 2.75) is 62.6 Å². The molecule has 8 rings (SSSR count). The Morgan fingerprint density at radius 1 is 1.05 bits per heavy atom. The molecule has 2 bridgehead atoms. The number of halogens is 1. The van der Waals surface area contributed by atoms with Gasteiger partial charge in [0.2, 0.25) is 0 Å². The number of hydrogen-bond donors (Lipinski definition) is 2. The van der Waals surface area contributed by atoms with Gasteiger partial charge in [0.15, 0.2) is 5.82 Å². The molecule has 0 radical (unpaired) electrons. The minimum absolute atomic E-state index is 0.0498. The molecule has 4 fully saturated rings. The van der Waals surface area contributed by atoms with Gasteiger partial charge in [0.25, 0.3) is 0 Å². The zero-order valence-electron chi connectivity index (χ0n) is 23.1. The largest absolute Gasteiger partial charge is 0.461 e. The number of nitriles is 1. The lowest BCUT2D eigenvalue weighted by Gasteiger charge is -2.34. The summed E-state index contributed by atoms with van der Waals surface area (Å²) in [6.45, 7) is 4.44. The number of nitrogens with zero attached hydrogens (tertiary/aromatic N) is 5. The molecular formula is C32H34FN7O. The van der Waals surface area contributed by atoms with E-state index in [1.54, 1.807) is 0 Å². The molecule has 0 spiro atoms. The summed E-state index contributed by atoms with van der Waals surface area (Å²) in [6.07, 6.45) is 9.01. The lowest BCUT2D eigenvalue weighted by Crippen LogP contribution is -2.51. The summed E-state index contributed by atoms with van der Waals surface area (Å²) in [5, 5.41) is 14.7. The standard InChI is InChI=1S/C32H34FN7O/c33-28-23(25-16-35-26-5-1-4-20(10-13-34)27(25)26)8-9-24-29(28)37-31(41-19-32-11-2-14-40(32)15-3-12-32)38-30(24)39-17-21-6-7-22(18-39)36-21/h1,4-5,8-9,16,21-22,35-36H,2-3,6-7,10-12,14-15,17-19H2. The number of piperazine rings is 1. The van der Waals surface area contributed by atoms with Crippen molar-refractivity contribution >= 4 is 27.6 Å². The van der Waals surface area contributed by atoms with Crippen molar-refractivity contribution in [2.24, 2.45) is 0 Å². The van der Waals surface area contributed by atoms with E-state index in [9.17, 15) is 5.26 Å². The predicted octanol–water partition coefficient (Wildman–Crippen LogP) is 4.93. The van der Waals surface area contributed by atoms with E-state index < -0.39 is 0 Å². The molecule has 4 aliphatic rings. The van der Waals surface area contributed by atoms with Crippen molar-refractivity contribution in [3.05, 3.63) is 47.9 Å². The Morgan fingerprint density at radius 2 is 1.85 bits per heavy atom. The molecule has 9 heteroatoms. The molecule has 2 unspecified atom stereocenters. The highest BCUT2D eigenvalue weighted by Gasteiger charge is 2.45. The van der Waals surface area contributed by atoms with E-state index in [0.29, 0.717) is 29.6 Å². The molecule has 0 amide bonds. The van der Waals surface area contributed by atoms with E-state index in [1.807, 2.05) is 36.5 Å². The first-order valence-electron chi connectivity index (χ1n) is 15.0. The molecule has 2 N–H and O–H groups in total. The maximum Gasteiger partial charge on any atom is 0.319 e. The highest BCUT2D eigenvalue weighted by atomic mass is 19.1. The summed E-state index contributed by atoms with van der Waals surface area (Å²) < 4.78 is 23.1. The van der Waals surface area contributed by atoms with Gasteiger partial charge in [-0.25, -0.2) is 4.39 Å². The highest BCUT2D eigenvalue weighted by molar-refractivity contribution is 6.01. The molecule has 2 aromatic heterocycles. The maximum atomic E-state index is 16.7. The molecule has 0 aliphatic carbocycles. The average molecular weight is 552 g/mol.